The number of rotatable bonds is 7. The predicted molar refractivity (Wildman–Crippen MR) is 149 cm³/mol. The molecule has 3 aromatic carbocycles. The number of allylic oxidation sites excluding steroid dienone is 1. The first kappa shape index (κ1) is 27.5. The summed E-state index contributed by atoms with van der Waals surface area (Å²) in [7, 11) is 0. The van der Waals surface area contributed by atoms with Crippen LogP contribution in [0.15, 0.2) is 87.8 Å². The number of carbonyl (C=O) groups excluding carboxylic acids is 1. The van der Waals surface area contributed by atoms with Crippen LogP contribution in [0, 0.1) is 11.6 Å². The number of ether oxygens (including phenoxy) is 2. The molecule has 1 aliphatic rings. The van der Waals surface area contributed by atoms with Crippen molar-refractivity contribution < 1.29 is 23.0 Å². The summed E-state index contributed by atoms with van der Waals surface area (Å²) in [6, 6.07) is 15.8. The molecule has 0 bridgehead atoms. The number of halogens is 3. The average Bonchev–Trinajstić information content (AvgIpc) is 3.23. The van der Waals surface area contributed by atoms with Gasteiger partial charge in [-0.3, -0.25) is 9.36 Å². The molecule has 0 amide bonds. The summed E-state index contributed by atoms with van der Waals surface area (Å²) in [5, 5.41) is 0.442. The molecule has 0 spiro atoms. The summed E-state index contributed by atoms with van der Waals surface area (Å²) in [6.45, 7) is 3.69. The molecular formula is C30H23ClF2N2O4S. The predicted octanol–water partition coefficient (Wildman–Crippen LogP) is 5.31. The van der Waals surface area contributed by atoms with Crippen LogP contribution in [0.2, 0.25) is 5.02 Å². The number of aromatic nitrogens is 1. The van der Waals surface area contributed by atoms with E-state index in [1.165, 1.54) is 41.0 Å². The molecule has 0 unspecified atom stereocenters. The van der Waals surface area contributed by atoms with Crippen molar-refractivity contribution in [3.05, 3.63) is 131 Å². The van der Waals surface area contributed by atoms with Gasteiger partial charge in [-0.05, 0) is 73.5 Å². The Hall–Kier alpha value is -4.08. The number of benzene rings is 3. The average molecular weight is 581 g/mol. The molecule has 40 heavy (non-hydrogen) atoms. The fourth-order valence-electron chi connectivity index (χ4n) is 4.40. The third kappa shape index (κ3) is 5.61. The molecule has 4 aromatic rings. The number of fused-ring (bicyclic) bond motifs is 1. The Kier molecular flexibility index (Phi) is 7.95. The van der Waals surface area contributed by atoms with Crippen molar-refractivity contribution in [2.45, 2.75) is 26.5 Å². The number of carbonyl (C=O) groups is 1. The minimum Gasteiger partial charge on any atom is -0.488 e. The Morgan fingerprint density at radius 3 is 2.42 bits per heavy atom. The number of hydrogen-bond acceptors (Lipinski definition) is 6. The summed E-state index contributed by atoms with van der Waals surface area (Å²) in [5.74, 6) is -0.910. The third-order valence-electron chi connectivity index (χ3n) is 6.27. The Bertz CT molecular complexity index is 1800. The lowest BCUT2D eigenvalue weighted by atomic mass is 9.96. The van der Waals surface area contributed by atoms with E-state index < -0.39 is 23.4 Å². The van der Waals surface area contributed by atoms with Gasteiger partial charge in [-0.15, -0.1) is 0 Å². The maximum absolute atomic E-state index is 13.8. The topological polar surface area (TPSA) is 69.9 Å². The first-order chi connectivity index (χ1) is 19.2. The van der Waals surface area contributed by atoms with Gasteiger partial charge in [0.2, 0.25) is 0 Å². The summed E-state index contributed by atoms with van der Waals surface area (Å²) in [6.07, 6.45) is 1.65. The highest BCUT2D eigenvalue weighted by Crippen LogP contribution is 2.31. The Labute approximate surface area is 237 Å². The van der Waals surface area contributed by atoms with Crippen molar-refractivity contribution >= 4 is 35.0 Å². The van der Waals surface area contributed by atoms with E-state index in [9.17, 15) is 18.4 Å². The van der Waals surface area contributed by atoms with Crippen LogP contribution in [0.25, 0.3) is 6.08 Å². The largest absolute Gasteiger partial charge is 0.488 e. The molecule has 10 heteroatoms. The van der Waals surface area contributed by atoms with Gasteiger partial charge in [0.15, 0.2) is 4.80 Å². The molecule has 5 rings (SSSR count). The van der Waals surface area contributed by atoms with Crippen LogP contribution in [0.1, 0.15) is 36.6 Å². The Morgan fingerprint density at radius 1 is 1.07 bits per heavy atom. The zero-order chi connectivity index (χ0) is 28.4. The van der Waals surface area contributed by atoms with E-state index in [4.69, 9.17) is 21.1 Å². The van der Waals surface area contributed by atoms with E-state index >= 15 is 0 Å². The van der Waals surface area contributed by atoms with Gasteiger partial charge in [0.1, 0.15) is 24.0 Å². The van der Waals surface area contributed by atoms with Crippen LogP contribution in [0.3, 0.4) is 0 Å². The normalized spacial score (nSPS) is 15.0. The summed E-state index contributed by atoms with van der Waals surface area (Å²) in [4.78, 5) is 31.7. The first-order valence-electron chi connectivity index (χ1n) is 12.4. The van der Waals surface area contributed by atoms with E-state index in [2.05, 4.69) is 4.99 Å². The molecule has 204 valence electrons. The van der Waals surface area contributed by atoms with Gasteiger partial charge in [0, 0.05) is 10.6 Å². The smallest absolute Gasteiger partial charge is 0.338 e. The molecule has 1 aliphatic heterocycles. The van der Waals surface area contributed by atoms with Crippen LogP contribution in [-0.4, -0.2) is 17.1 Å². The Balaban J connectivity index is 1.61. The van der Waals surface area contributed by atoms with E-state index in [1.54, 1.807) is 50.3 Å². The highest BCUT2D eigenvalue weighted by molar-refractivity contribution is 7.07. The number of hydrogen-bond donors (Lipinski definition) is 0. The SMILES string of the molecule is CCOC(=O)C1=C(C)N=c2s/c(=C\c3cc(Cl)ccc3OCc3ccc(F)cc3)c(=O)n2[C@H]1c1ccc(F)cc1. The van der Waals surface area contributed by atoms with Gasteiger partial charge in [-0.25, -0.2) is 18.6 Å². The maximum Gasteiger partial charge on any atom is 0.338 e. The highest BCUT2D eigenvalue weighted by atomic mass is 35.5. The molecule has 1 atom stereocenters. The van der Waals surface area contributed by atoms with E-state index in [1.807, 2.05) is 0 Å². The van der Waals surface area contributed by atoms with Gasteiger partial charge in [-0.1, -0.05) is 47.2 Å². The van der Waals surface area contributed by atoms with E-state index in [0.29, 0.717) is 36.9 Å². The molecule has 0 N–H and O–H groups in total. The lowest BCUT2D eigenvalue weighted by Gasteiger charge is -2.24. The Morgan fingerprint density at radius 2 is 1.75 bits per heavy atom. The minimum atomic E-state index is -0.855. The van der Waals surface area contributed by atoms with Gasteiger partial charge in [0.25, 0.3) is 5.56 Å². The van der Waals surface area contributed by atoms with Crippen molar-refractivity contribution in [1.82, 2.24) is 4.57 Å². The van der Waals surface area contributed by atoms with Crippen LogP contribution in [-0.2, 0) is 16.1 Å². The van der Waals surface area contributed by atoms with E-state index in [0.717, 1.165) is 16.9 Å². The van der Waals surface area contributed by atoms with Gasteiger partial charge in [-0.2, -0.15) is 0 Å². The van der Waals surface area contributed by atoms with Crippen LogP contribution < -0.4 is 19.6 Å². The summed E-state index contributed by atoms with van der Waals surface area (Å²) < 4.78 is 40.0. The van der Waals surface area contributed by atoms with Crippen LogP contribution in [0.4, 0.5) is 8.78 Å². The van der Waals surface area contributed by atoms with Crippen molar-refractivity contribution in [3.8, 4) is 5.75 Å². The van der Waals surface area contributed by atoms with Crippen LogP contribution >= 0.6 is 22.9 Å². The molecule has 0 saturated carbocycles. The van der Waals surface area contributed by atoms with Crippen molar-refractivity contribution in [3.63, 3.8) is 0 Å². The lowest BCUT2D eigenvalue weighted by molar-refractivity contribution is -0.139. The third-order valence-corrected chi connectivity index (χ3v) is 7.49. The lowest BCUT2D eigenvalue weighted by Crippen LogP contribution is -2.39. The van der Waals surface area contributed by atoms with Gasteiger partial charge < -0.3 is 9.47 Å². The fourth-order valence-corrected chi connectivity index (χ4v) is 5.62. The molecule has 0 saturated heterocycles. The molecule has 1 aromatic heterocycles. The number of thiazole rings is 1. The maximum atomic E-state index is 13.8. The van der Waals surface area contributed by atoms with Crippen LogP contribution in [0.5, 0.6) is 5.75 Å². The summed E-state index contributed by atoms with van der Waals surface area (Å²) in [5.41, 5.74) is 2.09. The first-order valence-corrected chi connectivity index (χ1v) is 13.6. The molecule has 0 fully saturated rings. The molecule has 0 radical (unpaired) electrons. The summed E-state index contributed by atoms with van der Waals surface area (Å²) >= 11 is 7.42. The van der Waals surface area contributed by atoms with Crippen molar-refractivity contribution in [2.75, 3.05) is 6.61 Å². The molecule has 0 aliphatic carbocycles. The second kappa shape index (κ2) is 11.6. The van der Waals surface area contributed by atoms with Crippen molar-refractivity contribution in [2.24, 2.45) is 4.99 Å². The second-order valence-corrected chi connectivity index (χ2v) is 10.4. The number of esters is 1. The standard InChI is InChI=1S/C30H23ClF2N2O4S/c1-3-38-29(37)26-17(2)34-30-35(27(26)19-6-11-23(33)12-7-19)28(36)25(40-30)15-20-14-21(31)8-13-24(20)39-16-18-4-9-22(32)10-5-18/h4-15,27H,3,16H2,1-2H3/b25-15-/t27-/m0/s1. The second-order valence-electron chi connectivity index (χ2n) is 8.95. The zero-order valence-electron chi connectivity index (χ0n) is 21.5. The minimum absolute atomic E-state index is 0.144. The van der Waals surface area contributed by atoms with Crippen molar-refractivity contribution in [1.29, 1.82) is 0 Å². The molecule has 2 heterocycles. The monoisotopic (exact) mass is 580 g/mol. The van der Waals surface area contributed by atoms with Gasteiger partial charge in [0.05, 0.1) is 28.5 Å². The fraction of sp³-hybridized carbons (Fsp3) is 0.167. The van der Waals surface area contributed by atoms with E-state index in [-0.39, 0.29) is 24.6 Å². The molecular weight excluding hydrogens is 558 g/mol. The number of nitrogens with zero attached hydrogens (tertiary/aromatic N) is 2. The zero-order valence-corrected chi connectivity index (χ0v) is 23.1. The highest BCUT2D eigenvalue weighted by Gasteiger charge is 2.33. The molecule has 6 nitrogen and oxygen atoms in total. The quantitative estimate of drug-likeness (QED) is 0.278. The van der Waals surface area contributed by atoms with Gasteiger partial charge >= 0.3 is 5.97 Å².